The maximum atomic E-state index is 12.7. The number of hydrogen-bond acceptors (Lipinski definition) is 4. The molecule has 144 valence electrons. The van der Waals surface area contributed by atoms with Crippen LogP contribution in [0.2, 0.25) is 5.02 Å². The monoisotopic (exact) mass is 394 g/mol. The first-order valence-electron chi connectivity index (χ1n) is 9.14. The lowest BCUT2D eigenvalue weighted by Gasteiger charge is -2.11. The number of aromatic nitrogens is 2. The number of nitrogens with zero attached hydrogens (tertiary/aromatic N) is 2. The average Bonchev–Trinajstić information content (AvgIpc) is 2.66. The number of halogens is 1. The van der Waals surface area contributed by atoms with Gasteiger partial charge in [0.1, 0.15) is 5.69 Å². The second-order valence-electron chi connectivity index (χ2n) is 6.72. The van der Waals surface area contributed by atoms with Crippen molar-refractivity contribution in [2.75, 3.05) is 17.2 Å². The van der Waals surface area contributed by atoms with E-state index in [9.17, 15) is 4.79 Å². The lowest BCUT2D eigenvalue weighted by Crippen LogP contribution is -2.17. The molecule has 5 nitrogen and oxygen atoms in total. The second kappa shape index (κ2) is 8.85. The molecule has 3 rings (SSSR count). The summed E-state index contributed by atoms with van der Waals surface area (Å²) in [7, 11) is 0. The molecule has 3 aromatic rings. The number of carbonyl (C=O) groups excluding carboxylic acids is 1. The highest BCUT2D eigenvalue weighted by Crippen LogP contribution is 2.19. The van der Waals surface area contributed by atoms with E-state index < -0.39 is 0 Å². The van der Waals surface area contributed by atoms with Crippen LogP contribution in [0.5, 0.6) is 0 Å². The van der Waals surface area contributed by atoms with Gasteiger partial charge in [-0.25, -0.2) is 9.97 Å². The molecule has 0 aliphatic heterocycles. The molecule has 1 amide bonds. The Labute approximate surface area is 170 Å². The lowest BCUT2D eigenvalue weighted by atomic mass is 10.1. The van der Waals surface area contributed by atoms with Gasteiger partial charge in [0, 0.05) is 22.9 Å². The topological polar surface area (TPSA) is 66.9 Å². The third-order valence-electron chi connectivity index (χ3n) is 4.55. The summed E-state index contributed by atoms with van der Waals surface area (Å²) in [5.74, 6) is 0.194. The largest absolute Gasteiger partial charge is 0.354 e. The molecule has 0 spiro atoms. The Morgan fingerprint density at radius 2 is 1.79 bits per heavy atom. The second-order valence-corrected chi connectivity index (χ2v) is 7.16. The predicted molar refractivity (Wildman–Crippen MR) is 114 cm³/mol. The fourth-order valence-corrected chi connectivity index (χ4v) is 2.93. The van der Waals surface area contributed by atoms with Gasteiger partial charge < -0.3 is 10.6 Å². The van der Waals surface area contributed by atoms with Gasteiger partial charge in [0.05, 0.1) is 0 Å². The summed E-state index contributed by atoms with van der Waals surface area (Å²) in [6.07, 6.45) is 0.804. The van der Waals surface area contributed by atoms with Crippen molar-refractivity contribution in [2.24, 2.45) is 0 Å². The number of aryl methyl sites for hydroxylation is 2. The maximum Gasteiger partial charge on any atom is 0.274 e. The molecule has 6 heteroatoms. The Morgan fingerprint density at radius 3 is 2.54 bits per heavy atom. The Kier molecular flexibility index (Phi) is 6.26. The molecular weight excluding hydrogens is 372 g/mol. The van der Waals surface area contributed by atoms with Crippen LogP contribution in [0.15, 0.2) is 48.5 Å². The number of hydrogen-bond donors (Lipinski definition) is 2. The van der Waals surface area contributed by atoms with Crippen molar-refractivity contribution in [3.8, 4) is 0 Å². The van der Waals surface area contributed by atoms with E-state index in [0.29, 0.717) is 18.2 Å². The van der Waals surface area contributed by atoms with Gasteiger partial charge in [-0.3, -0.25) is 4.79 Å². The summed E-state index contributed by atoms with van der Waals surface area (Å²) < 4.78 is 0. The van der Waals surface area contributed by atoms with Crippen molar-refractivity contribution in [3.05, 3.63) is 81.6 Å². The number of rotatable bonds is 6. The molecule has 0 atom stereocenters. The zero-order valence-electron chi connectivity index (χ0n) is 16.2. The van der Waals surface area contributed by atoms with E-state index in [1.807, 2.05) is 63.2 Å². The minimum absolute atomic E-state index is 0.250. The normalized spacial score (nSPS) is 10.6. The number of anilines is 2. The average molecular weight is 395 g/mol. The number of carbonyl (C=O) groups is 1. The van der Waals surface area contributed by atoms with Crippen LogP contribution in [0.4, 0.5) is 11.6 Å². The van der Waals surface area contributed by atoms with Gasteiger partial charge >= 0.3 is 0 Å². The lowest BCUT2D eigenvalue weighted by molar-refractivity contribution is 0.102. The third-order valence-corrected chi connectivity index (χ3v) is 4.80. The first kappa shape index (κ1) is 19.8. The minimum atomic E-state index is -0.250. The van der Waals surface area contributed by atoms with E-state index in [4.69, 9.17) is 11.6 Å². The first-order valence-corrected chi connectivity index (χ1v) is 9.52. The van der Waals surface area contributed by atoms with E-state index in [1.165, 1.54) is 0 Å². The van der Waals surface area contributed by atoms with E-state index in [-0.39, 0.29) is 5.91 Å². The minimum Gasteiger partial charge on any atom is -0.354 e. The zero-order valence-corrected chi connectivity index (χ0v) is 17.0. The van der Waals surface area contributed by atoms with Crippen molar-refractivity contribution >= 4 is 29.1 Å². The maximum absolute atomic E-state index is 12.7. The van der Waals surface area contributed by atoms with Gasteiger partial charge in [-0.2, -0.15) is 0 Å². The van der Waals surface area contributed by atoms with Crippen LogP contribution in [-0.2, 0) is 6.42 Å². The summed E-state index contributed by atoms with van der Waals surface area (Å²) in [6, 6.07) is 15.2. The number of benzene rings is 2. The van der Waals surface area contributed by atoms with Crippen LogP contribution in [0.25, 0.3) is 0 Å². The molecule has 2 N–H and O–H groups in total. The van der Waals surface area contributed by atoms with E-state index in [2.05, 4.69) is 20.6 Å². The summed E-state index contributed by atoms with van der Waals surface area (Å²) in [5.41, 5.74) is 5.19. The highest BCUT2D eigenvalue weighted by Gasteiger charge is 2.12. The zero-order chi connectivity index (χ0) is 20.1. The van der Waals surface area contributed by atoms with Gasteiger partial charge in [-0.05, 0) is 68.1 Å². The Morgan fingerprint density at radius 1 is 1.04 bits per heavy atom. The molecule has 28 heavy (non-hydrogen) atoms. The number of nitrogens with one attached hydrogen (secondary N) is 2. The summed E-state index contributed by atoms with van der Waals surface area (Å²) in [4.78, 5) is 21.4. The third kappa shape index (κ3) is 5.08. The van der Waals surface area contributed by atoms with Gasteiger partial charge in [0.15, 0.2) is 0 Å². The molecule has 1 heterocycles. The molecule has 0 aliphatic carbocycles. The van der Waals surface area contributed by atoms with Gasteiger partial charge in [0.2, 0.25) is 5.95 Å². The van der Waals surface area contributed by atoms with Gasteiger partial charge in [-0.15, -0.1) is 0 Å². The Hall–Kier alpha value is -2.92. The highest BCUT2D eigenvalue weighted by molar-refractivity contribution is 6.30. The number of amides is 1. The van der Waals surface area contributed by atoms with Crippen LogP contribution in [-0.4, -0.2) is 22.4 Å². The fraction of sp³-hybridized carbons (Fsp3) is 0.227. The Balaban J connectivity index is 1.67. The van der Waals surface area contributed by atoms with Crippen LogP contribution in [0.1, 0.15) is 32.9 Å². The summed E-state index contributed by atoms with van der Waals surface area (Å²) in [5, 5.41) is 6.85. The molecule has 0 radical (unpaired) electrons. The standard InChI is InChI=1S/C22H23ClN4O/c1-14-5-4-6-19(16(14)3)26-21(28)20-13-15(2)25-22(27-20)24-12-11-17-7-9-18(23)10-8-17/h4-10,13H,11-12H2,1-3H3,(H,26,28)(H,24,25,27). The van der Waals surface area contributed by atoms with Crippen molar-refractivity contribution in [3.63, 3.8) is 0 Å². The smallest absolute Gasteiger partial charge is 0.274 e. The fourth-order valence-electron chi connectivity index (χ4n) is 2.81. The van der Waals surface area contributed by atoms with Gasteiger partial charge in [-0.1, -0.05) is 35.9 Å². The highest BCUT2D eigenvalue weighted by atomic mass is 35.5. The quantitative estimate of drug-likeness (QED) is 0.619. The van der Waals surface area contributed by atoms with E-state index >= 15 is 0 Å². The molecule has 0 unspecified atom stereocenters. The summed E-state index contributed by atoms with van der Waals surface area (Å²) >= 11 is 5.91. The SMILES string of the molecule is Cc1cc(C(=O)Nc2cccc(C)c2C)nc(NCCc2ccc(Cl)cc2)n1. The van der Waals surface area contributed by atoms with Crippen LogP contribution in [0, 0.1) is 20.8 Å². The van der Waals surface area contributed by atoms with Crippen molar-refractivity contribution in [1.29, 1.82) is 0 Å². The Bertz CT molecular complexity index is 986. The van der Waals surface area contributed by atoms with Crippen molar-refractivity contribution in [2.45, 2.75) is 27.2 Å². The van der Waals surface area contributed by atoms with E-state index in [0.717, 1.165) is 39.5 Å². The summed E-state index contributed by atoms with van der Waals surface area (Å²) in [6.45, 7) is 6.51. The molecular formula is C22H23ClN4O. The van der Waals surface area contributed by atoms with Crippen LogP contribution < -0.4 is 10.6 Å². The molecule has 1 aromatic heterocycles. The molecule has 0 fully saturated rings. The van der Waals surface area contributed by atoms with Crippen molar-refractivity contribution < 1.29 is 4.79 Å². The molecule has 0 saturated heterocycles. The molecule has 0 aliphatic rings. The van der Waals surface area contributed by atoms with Crippen LogP contribution >= 0.6 is 11.6 Å². The first-order chi connectivity index (χ1) is 13.4. The van der Waals surface area contributed by atoms with Crippen molar-refractivity contribution in [1.82, 2.24) is 9.97 Å². The van der Waals surface area contributed by atoms with E-state index in [1.54, 1.807) is 6.07 Å². The van der Waals surface area contributed by atoms with Gasteiger partial charge in [0.25, 0.3) is 5.91 Å². The predicted octanol–water partition coefficient (Wildman–Crippen LogP) is 4.96. The molecule has 2 aromatic carbocycles. The molecule has 0 saturated carbocycles. The van der Waals surface area contributed by atoms with Crippen LogP contribution in [0.3, 0.4) is 0 Å². The molecule has 0 bridgehead atoms.